The Morgan fingerprint density at radius 1 is 1.12 bits per heavy atom. The molecular formula is C23H24N8O. The number of likely N-dealkylation sites (N-methyl/N-ethyl adjacent to an activating group) is 1. The van der Waals surface area contributed by atoms with Crippen molar-refractivity contribution in [3.8, 4) is 11.3 Å². The molecule has 1 aromatic carbocycles. The van der Waals surface area contributed by atoms with Gasteiger partial charge in [0, 0.05) is 66.2 Å². The minimum atomic E-state index is -2.09. The SMILES string of the molecule is [2H]C([2H])([2H])N1CCN(c2cc(C(=O)Cc3ncc4ccc(-c5cn(C)nn5)cc4n3)ccn2)CC1. The van der Waals surface area contributed by atoms with Gasteiger partial charge in [-0.1, -0.05) is 17.3 Å². The molecular weight excluding hydrogens is 404 g/mol. The highest BCUT2D eigenvalue weighted by Gasteiger charge is 2.17. The highest BCUT2D eigenvalue weighted by atomic mass is 16.1. The smallest absolute Gasteiger partial charge is 0.170 e. The van der Waals surface area contributed by atoms with E-state index >= 15 is 0 Å². The fourth-order valence-electron chi connectivity index (χ4n) is 3.73. The Morgan fingerprint density at radius 3 is 2.78 bits per heavy atom. The number of hydrogen-bond donors (Lipinski definition) is 0. The largest absolute Gasteiger partial charge is 0.354 e. The van der Waals surface area contributed by atoms with Crippen LogP contribution < -0.4 is 4.90 Å². The lowest BCUT2D eigenvalue weighted by molar-refractivity contribution is 0.0991. The van der Waals surface area contributed by atoms with Crippen molar-refractivity contribution in [2.24, 2.45) is 7.05 Å². The molecule has 0 unspecified atom stereocenters. The number of aryl methyl sites for hydroxylation is 1. The van der Waals surface area contributed by atoms with Crippen LogP contribution >= 0.6 is 0 Å². The van der Waals surface area contributed by atoms with Crippen LogP contribution in [0.2, 0.25) is 0 Å². The maximum absolute atomic E-state index is 13.0. The van der Waals surface area contributed by atoms with Gasteiger partial charge >= 0.3 is 0 Å². The van der Waals surface area contributed by atoms with E-state index in [0.29, 0.717) is 43.4 Å². The number of aromatic nitrogens is 6. The molecule has 1 fully saturated rings. The number of anilines is 1. The van der Waals surface area contributed by atoms with Crippen LogP contribution in [0.3, 0.4) is 0 Å². The molecule has 0 atom stereocenters. The minimum absolute atomic E-state index is 0.0571. The van der Waals surface area contributed by atoms with Crippen molar-refractivity contribution in [2.45, 2.75) is 6.42 Å². The molecule has 0 radical (unpaired) electrons. The molecule has 0 spiro atoms. The number of rotatable bonds is 5. The van der Waals surface area contributed by atoms with Crippen LogP contribution in [-0.4, -0.2) is 73.8 Å². The fraction of sp³-hybridized carbons (Fsp3) is 0.304. The molecule has 3 aromatic heterocycles. The van der Waals surface area contributed by atoms with E-state index in [4.69, 9.17) is 4.11 Å². The quantitative estimate of drug-likeness (QED) is 0.443. The third-order valence-corrected chi connectivity index (χ3v) is 5.52. The van der Waals surface area contributed by atoms with Crippen molar-refractivity contribution in [2.75, 3.05) is 38.1 Å². The molecule has 162 valence electrons. The van der Waals surface area contributed by atoms with Gasteiger partial charge in [-0.2, -0.15) is 0 Å². The number of ketones is 1. The number of pyridine rings is 1. The zero-order chi connectivity index (χ0) is 24.6. The lowest BCUT2D eigenvalue weighted by Crippen LogP contribution is -2.44. The topological polar surface area (TPSA) is 92.9 Å². The van der Waals surface area contributed by atoms with Crippen LogP contribution in [0.25, 0.3) is 22.2 Å². The Kier molecular flexibility index (Phi) is 4.45. The van der Waals surface area contributed by atoms with E-state index < -0.39 is 6.98 Å². The summed E-state index contributed by atoms with van der Waals surface area (Å²) < 4.78 is 24.3. The molecule has 0 amide bonds. The Morgan fingerprint density at radius 2 is 2.00 bits per heavy atom. The molecule has 0 saturated carbocycles. The van der Waals surface area contributed by atoms with E-state index in [1.807, 2.05) is 36.3 Å². The number of benzene rings is 1. The van der Waals surface area contributed by atoms with Crippen molar-refractivity contribution in [3.05, 3.63) is 60.3 Å². The first-order valence-corrected chi connectivity index (χ1v) is 10.4. The molecule has 5 rings (SSSR count). The van der Waals surface area contributed by atoms with E-state index in [2.05, 4.69) is 25.3 Å². The molecule has 1 aliphatic heterocycles. The number of piperazine rings is 1. The molecule has 0 bridgehead atoms. The molecule has 9 heteroatoms. The zero-order valence-corrected chi connectivity index (χ0v) is 17.6. The van der Waals surface area contributed by atoms with Crippen molar-refractivity contribution in [1.29, 1.82) is 0 Å². The Bertz CT molecular complexity index is 1380. The highest BCUT2D eigenvalue weighted by molar-refractivity contribution is 5.98. The standard InChI is InChI=1S/C23H24N8O/c1-29-7-9-31(10-8-29)23-12-17(5-6-24-23)21(32)13-22-25-14-18-4-3-16(11-19(18)26-22)20-15-30(2)28-27-20/h3-6,11-12,14-15H,7-10,13H2,1-2H3/i1D3. The summed E-state index contributed by atoms with van der Waals surface area (Å²) in [7, 11) is 1.81. The van der Waals surface area contributed by atoms with Gasteiger partial charge in [-0.3, -0.25) is 9.48 Å². The van der Waals surface area contributed by atoms with E-state index in [1.165, 1.54) is 4.90 Å². The number of nitrogens with zero attached hydrogens (tertiary/aromatic N) is 8. The van der Waals surface area contributed by atoms with Gasteiger partial charge in [0.1, 0.15) is 17.3 Å². The summed E-state index contributed by atoms with van der Waals surface area (Å²) in [5.41, 5.74) is 2.88. The van der Waals surface area contributed by atoms with E-state index in [0.717, 1.165) is 22.2 Å². The average Bonchev–Trinajstić information content (AvgIpc) is 3.29. The predicted molar refractivity (Wildman–Crippen MR) is 122 cm³/mol. The van der Waals surface area contributed by atoms with Crippen LogP contribution in [0.4, 0.5) is 5.82 Å². The summed E-state index contributed by atoms with van der Waals surface area (Å²) >= 11 is 0. The van der Waals surface area contributed by atoms with Gasteiger partial charge in [0.15, 0.2) is 5.78 Å². The van der Waals surface area contributed by atoms with Gasteiger partial charge in [0.25, 0.3) is 0 Å². The average molecular weight is 432 g/mol. The van der Waals surface area contributed by atoms with Crippen LogP contribution in [0.1, 0.15) is 20.3 Å². The normalized spacial score (nSPS) is 16.5. The summed E-state index contributed by atoms with van der Waals surface area (Å²) in [5.74, 6) is 0.983. The van der Waals surface area contributed by atoms with Gasteiger partial charge in [-0.05, 0) is 25.2 Å². The maximum Gasteiger partial charge on any atom is 0.170 e. The number of Topliss-reactive ketones (excluding diaryl/α,β-unsaturated/α-hetero) is 1. The molecule has 4 aromatic rings. The van der Waals surface area contributed by atoms with Crippen molar-refractivity contribution in [1.82, 2.24) is 34.8 Å². The zero-order valence-electron chi connectivity index (χ0n) is 20.6. The van der Waals surface area contributed by atoms with Gasteiger partial charge in [0.2, 0.25) is 0 Å². The minimum Gasteiger partial charge on any atom is -0.354 e. The Hall–Kier alpha value is -3.72. The summed E-state index contributed by atoms with van der Waals surface area (Å²) in [6.45, 7) is -0.196. The van der Waals surface area contributed by atoms with Crippen molar-refractivity contribution < 1.29 is 8.91 Å². The summed E-state index contributed by atoms with van der Waals surface area (Å²) in [6, 6.07) is 9.21. The fourth-order valence-corrected chi connectivity index (χ4v) is 3.73. The lowest BCUT2D eigenvalue weighted by atomic mass is 10.1. The van der Waals surface area contributed by atoms with E-state index in [9.17, 15) is 4.79 Å². The second kappa shape index (κ2) is 8.43. The van der Waals surface area contributed by atoms with Crippen LogP contribution in [0.15, 0.2) is 48.9 Å². The summed E-state index contributed by atoms with van der Waals surface area (Å²) in [5, 5.41) is 8.98. The van der Waals surface area contributed by atoms with Crippen LogP contribution in [-0.2, 0) is 13.5 Å². The lowest BCUT2D eigenvalue weighted by Gasteiger charge is -2.33. The predicted octanol–water partition coefficient (Wildman–Crippen LogP) is 2.00. The number of hydrogen-bond acceptors (Lipinski definition) is 8. The van der Waals surface area contributed by atoms with Crippen LogP contribution in [0.5, 0.6) is 0 Å². The summed E-state index contributed by atoms with van der Waals surface area (Å²) in [6.07, 6.45) is 5.21. The van der Waals surface area contributed by atoms with Crippen LogP contribution in [0, 0.1) is 0 Å². The molecule has 9 nitrogen and oxygen atoms in total. The maximum atomic E-state index is 13.0. The molecule has 0 N–H and O–H groups in total. The second-order valence-electron chi connectivity index (χ2n) is 7.81. The van der Waals surface area contributed by atoms with Crippen molar-refractivity contribution >= 4 is 22.5 Å². The van der Waals surface area contributed by atoms with E-state index in [-0.39, 0.29) is 12.2 Å². The Balaban J connectivity index is 1.31. The van der Waals surface area contributed by atoms with Gasteiger partial charge in [-0.15, -0.1) is 5.10 Å². The molecule has 4 heterocycles. The molecule has 32 heavy (non-hydrogen) atoms. The van der Waals surface area contributed by atoms with E-state index in [1.54, 1.807) is 29.2 Å². The first kappa shape index (κ1) is 16.9. The monoisotopic (exact) mass is 431 g/mol. The summed E-state index contributed by atoms with van der Waals surface area (Å²) in [4.78, 5) is 29.9. The van der Waals surface area contributed by atoms with Gasteiger partial charge in [0.05, 0.1) is 18.1 Å². The molecule has 0 aliphatic carbocycles. The molecule has 1 saturated heterocycles. The molecule has 1 aliphatic rings. The first-order valence-electron chi connectivity index (χ1n) is 11.9. The number of carbonyl (C=O) groups is 1. The van der Waals surface area contributed by atoms with Gasteiger partial charge < -0.3 is 9.80 Å². The third kappa shape index (κ3) is 4.19. The second-order valence-corrected chi connectivity index (χ2v) is 7.81. The van der Waals surface area contributed by atoms with Crippen molar-refractivity contribution in [3.63, 3.8) is 0 Å². The Labute approximate surface area is 189 Å². The number of carbonyl (C=O) groups excluding carboxylic acids is 1. The highest BCUT2D eigenvalue weighted by Crippen LogP contribution is 2.22. The first-order chi connectivity index (χ1) is 16.8. The number of fused-ring (bicyclic) bond motifs is 1. The van der Waals surface area contributed by atoms with Gasteiger partial charge in [-0.25, -0.2) is 15.0 Å². The third-order valence-electron chi connectivity index (χ3n) is 5.52.